The van der Waals surface area contributed by atoms with E-state index in [0.717, 1.165) is 16.6 Å². The molecule has 2 aromatic heterocycles. The Morgan fingerprint density at radius 3 is 2.79 bits per heavy atom. The summed E-state index contributed by atoms with van der Waals surface area (Å²) in [4.78, 5) is 17.7. The Hall–Kier alpha value is -2.86. The van der Waals surface area contributed by atoms with Crippen LogP contribution in [0.5, 0.6) is 11.5 Å². The van der Waals surface area contributed by atoms with Crippen LogP contribution in [0.25, 0.3) is 10.9 Å². The molecule has 0 bridgehead atoms. The van der Waals surface area contributed by atoms with Crippen LogP contribution in [0.1, 0.15) is 16.2 Å². The zero-order valence-corrected chi connectivity index (χ0v) is 13.9. The molecule has 24 heavy (non-hydrogen) atoms. The lowest BCUT2D eigenvalue weighted by atomic mass is 10.2. The molecule has 0 radical (unpaired) electrons. The van der Waals surface area contributed by atoms with Gasteiger partial charge in [-0.3, -0.25) is 4.98 Å². The van der Waals surface area contributed by atoms with Gasteiger partial charge >= 0.3 is 5.97 Å². The molecule has 0 unspecified atom stereocenters. The molecule has 0 atom stereocenters. The smallest absolute Gasteiger partial charge is 0.352 e. The van der Waals surface area contributed by atoms with E-state index in [-0.39, 0.29) is 5.69 Å². The molecule has 0 amide bonds. The lowest BCUT2D eigenvalue weighted by molar-refractivity contribution is 0.0687. The van der Waals surface area contributed by atoms with Crippen molar-refractivity contribution in [2.75, 3.05) is 14.1 Å². The molecule has 2 heterocycles. The molecule has 6 heteroatoms. The summed E-state index contributed by atoms with van der Waals surface area (Å²) in [5, 5.41) is 10.1. The molecule has 0 aliphatic rings. The fraction of sp³-hybridized carbons (Fsp3) is 0.222. The van der Waals surface area contributed by atoms with Gasteiger partial charge in [-0.2, -0.15) is 0 Å². The van der Waals surface area contributed by atoms with Crippen molar-refractivity contribution >= 4 is 16.9 Å². The number of carbonyl (C=O) groups is 1. The standard InChI is InChI=1S/C18H19N3O3/c1-20(2)11-13-10-14(7-8-19-13)24-16-6-4-5-12-9-15(18(22)23)21(3)17(12)16/h4-10H,11H2,1-3H3,(H,22,23). The second kappa shape index (κ2) is 6.33. The minimum absolute atomic E-state index is 0.226. The molecule has 3 aromatic rings. The molecule has 0 saturated heterocycles. The largest absolute Gasteiger partial charge is 0.477 e. The van der Waals surface area contributed by atoms with Crippen molar-refractivity contribution in [3.63, 3.8) is 0 Å². The van der Waals surface area contributed by atoms with Crippen molar-refractivity contribution in [3.05, 3.63) is 54.0 Å². The van der Waals surface area contributed by atoms with E-state index < -0.39 is 5.97 Å². The number of hydrogen-bond donors (Lipinski definition) is 1. The number of aryl methyl sites for hydroxylation is 1. The Morgan fingerprint density at radius 2 is 2.08 bits per heavy atom. The van der Waals surface area contributed by atoms with Crippen LogP contribution < -0.4 is 4.74 Å². The summed E-state index contributed by atoms with van der Waals surface area (Å²) >= 11 is 0. The van der Waals surface area contributed by atoms with E-state index in [1.807, 2.05) is 43.3 Å². The van der Waals surface area contributed by atoms with E-state index in [4.69, 9.17) is 4.74 Å². The fourth-order valence-electron chi connectivity index (χ4n) is 2.72. The van der Waals surface area contributed by atoms with E-state index in [1.54, 1.807) is 29.9 Å². The molecule has 1 aromatic carbocycles. The molecule has 1 N–H and O–H groups in total. The highest BCUT2D eigenvalue weighted by Crippen LogP contribution is 2.32. The zero-order chi connectivity index (χ0) is 17.3. The van der Waals surface area contributed by atoms with Crippen molar-refractivity contribution in [1.82, 2.24) is 14.5 Å². The average Bonchev–Trinajstić information content (AvgIpc) is 2.85. The number of aromatic carboxylic acids is 1. The van der Waals surface area contributed by atoms with E-state index >= 15 is 0 Å². The lowest BCUT2D eigenvalue weighted by Crippen LogP contribution is -2.11. The summed E-state index contributed by atoms with van der Waals surface area (Å²) < 4.78 is 7.65. The monoisotopic (exact) mass is 325 g/mol. The number of carboxylic acids is 1. The van der Waals surface area contributed by atoms with Gasteiger partial charge in [0.25, 0.3) is 0 Å². The van der Waals surface area contributed by atoms with Crippen LogP contribution >= 0.6 is 0 Å². The molecule has 0 fully saturated rings. The third-order valence-electron chi connectivity index (χ3n) is 3.73. The Morgan fingerprint density at radius 1 is 1.29 bits per heavy atom. The van der Waals surface area contributed by atoms with Gasteiger partial charge in [-0.15, -0.1) is 0 Å². The summed E-state index contributed by atoms with van der Waals surface area (Å²) in [6.07, 6.45) is 1.71. The maximum absolute atomic E-state index is 11.3. The number of benzene rings is 1. The molecule has 3 rings (SSSR count). The first-order chi connectivity index (χ1) is 11.5. The topological polar surface area (TPSA) is 67.6 Å². The average molecular weight is 325 g/mol. The maximum Gasteiger partial charge on any atom is 0.352 e. The molecule has 0 aliphatic carbocycles. The van der Waals surface area contributed by atoms with Crippen LogP contribution in [0.15, 0.2) is 42.6 Å². The molecular weight excluding hydrogens is 306 g/mol. The van der Waals surface area contributed by atoms with Crippen LogP contribution in [-0.4, -0.2) is 39.6 Å². The summed E-state index contributed by atoms with van der Waals surface area (Å²) in [5.41, 5.74) is 1.88. The number of pyridine rings is 1. The molecule has 0 aliphatic heterocycles. The van der Waals surface area contributed by atoms with Gasteiger partial charge in [-0.25, -0.2) is 4.79 Å². The quantitative estimate of drug-likeness (QED) is 0.780. The van der Waals surface area contributed by atoms with E-state index in [1.165, 1.54) is 0 Å². The lowest BCUT2D eigenvalue weighted by Gasteiger charge is -2.12. The third kappa shape index (κ3) is 3.09. The van der Waals surface area contributed by atoms with E-state index in [0.29, 0.717) is 18.0 Å². The molecular formula is C18H19N3O3. The van der Waals surface area contributed by atoms with Gasteiger partial charge in [0.2, 0.25) is 0 Å². The number of hydrogen-bond acceptors (Lipinski definition) is 4. The summed E-state index contributed by atoms with van der Waals surface area (Å²) in [5.74, 6) is 0.328. The number of carboxylic acid groups (broad SMARTS) is 1. The van der Waals surface area contributed by atoms with Crippen molar-refractivity contribution in [3.8, 4) is 11.5 Å². The van der Waals surface area contributed by atoms with E-state index in [9.17, 15) is 9.90 Å². The van der Waals surface area contributed by atoms with Crippen molar-refractivity contribution < 1.29 is 14.6 Å². The van der Waals surface area contributed by atoms with Gasteiger partial charge in [0, 0.05) is 31.2 Å². The highest BCUT2D eigenvalue weighted by Gasteiger charge is 2.15. The maximum atomic E-state index is 11.3. The minimum Gasteiger partial charge on any atom is -0.477 e. The Kier molecular flexibility index (Phi) is 4.22. The summed E-state index contributed by atoms with van der Waals surface area (Å²) in [7, 11) is 5.68. The number of ether oxygens (including phenoxy) is 1. The first-order valence-electron chi connectivity index (χ1n) is 7.55. The minimum atomic E-state index is -0.961. The SMILES string of the molecule is CN(C)Cc1cc(Oc2cccc3cc(C(=O)O)n(C)c23)ccn1. The van der Waals surface area contributed by atoms with Gasteiger partial charge in [0.15, 0.2) is 5.75 Å². The van der Waals surface area contributed by atoms with E-state index in [2.05, 4.69) is 4.98 Å². The van der Waals surface area contributed by atoms with Gasteiger partial charge in [0.05, 0.1) is 11.2 Å². The predicted octanol–water partition coefficient (Wildman–Crippen LogP) is 3.13. The normalized spacial score (nSPS) is 11.2. The van der Waals surface area contributed by atoms with Crippen molar-refractivity contribution in [1.29, 1.82) is 0 Å². The van der Waals surface area contributed by atoms with Gasteiger partial charge < -0.3 is 19.3 Å². The highest BCUT2D eigenvalue weighted by atomic mass is 16.5. The first-order valence-corrected chi connectivity index (χ1v) is 7.55. The Bertz CT molecular complexity index is 900. The van der Waals surface area contributed by atoms with Gasteiger partial charge in [-0.1, -0.05) is 12.1 Å². The number of fused-ring (bicyclic) bond motifs is 1. The van der Waals surface area contributed by atoms with Crippen molar-refractivity contribution in [2.45, 2.75) is 6.54 Å². The van der Waals surface area contributed by atoms with Crippen LogP contribution in [-0.2, 0) is 13.6 Å². The zero-order valence-electron chi connectivity index (χ0n) is 13.9. The van der Waals surface area contributed by atoms with Crippen LogP contribution in [0, 0.1) is 0 Å². The van der Waals surface area contributed by atoms with Crippen LogP contribution in [0.3, 0.4) is 0 Å². The predicted molar refractivity (Wildman–Crippen MR) is 91.6 cm³/mol. The fourth-order valence-corrected chi connectivity index (χ4v) is 2.72. The van der Waals surface area contributed by atoms with Gasteiger partial charge in [-0.05, 0) is 32.3 Å². The number of para-hydroxylation sites is 1. The third-order valence-corrected chi connectivity index (χ3v) is 3.73. The Labute approximate surface area is 139 Å². The van der Waals surface area contributed by atoms with Crippen LogP contribution in [0.4, 0.5) is 0 Å². The molecule has 0 spiro atoms. The molecule has 124 valence electrons. The van der Waals surface area contributed by atoms with Crippen molar-refractivity contribution in [2.24, 2.45) is 7.05 Å². The number of aromatic nitrogens is 2. The number of rotatable bonds is 5. The van der Waals surface area contributed by atoms with Gasteiger partial charge in [0.1, 0.15) is 11.4 Å². The number of nitrogens with zero attached hydrogens (tertiary/aromatic N) is 3. The molecule has 6 nitrogen and oxygen atoms in total. The summed E-state index contributed by atoms with van der Waals surface area (Å²) in [6.45, 7) is 0.717. The van der Waals surface area contributed by atoms with Crippen LogP contribution in [0.2, 0.25) is 0 Å². The Balaban J connectivity index is 2.00. The highest BCUT2D eigenvalue weighted by molar-refractivity contribution is 5.96. The molecule has 0 saturated carbocycles. The second-order valence-electron chi connectivity index (χ2n) is 5.91. The summed E-state index contributed by atoms with van der Waals surface area (Å²) in [6, 6.07) is 10.9. The second-order valence-corrected chi connectivity index (χ2v) is 5.91. The first kappa shape index (κ1) is 16.0.